The predicted molar refractivity (Wildman–Crippen MR) is 138 cm³/mol. The summed E-state index contributed by atoms with van der Waals surface area (Å²) >= 11 is 0. The van der Waals surface area contributed by atoms with Crippen LogP contribution in [0.15, 0.2) is 12.7 Å². The molecule has 0 fully saturated rings. The number of amides is 1. The van der Waals surface area contributed by atoms with Gasteiger partial charge in [-0.15, -0.1) is 6.58 Å². The average Bonchev–Trinajstić information content (AvgIpc) is 2.81. The van der Waals surface area contributed by atoms with Crippen LogP contribution < -0.4 is 5.32 Å². The summed E-state index contributed by atoms with van der Waals surface area (Å²) in [7, 11) is 0. The molecule has 0 heterocycles. The van der Waals surface area contributed by atoms with Gasteiger partial charge in [-0.3, -0.25) is 0 Å². The van der Waals surface area contributed by atoms with Gasteiger partial charge in [-0.25, -0.2) is 9.59 Å². The molecule has 1 unspecified atom stereocenters. The Morgan fingerprint density at radius 1 is 0.667 bits per heavy atom. The molecular formula is C28H53NO4. The van der Waals surface area contributed by atoms with E-state index in [0.29, 0.717) is 19.6 Å². The minimum atomic E-state index is -0.725. The summed E-state index contributed by atoms with van der Waals surface area (Å²) in [4.78, 5) is 24.3. The first-order valence-corrected chi connectivity index (χ1v) is 13.9. The highest BCUT2D eigenvalue weighted by Gasteiger charge is 2.21. The van der Waals surface area contributed by atoms with Crippen molar-refractivity contribution in [2.45, 2.75) is 142 Å². The van der Waals surface area contributed by atoms with Crippen LogP contribution in [-0.2, 0) is 14.3 Å². The lowest BCUT2D eigenvalue weighted by molar-refractivity contribution is -0.146. The van der Waals surface area contributed by atoms with Crippen molar-refractivity contribution in [2.24, 2.45) is 0 Å². The molecule has 5 nitrogen and oxygen atoms in total. The normalized spacial score (nSPS) is 11.7. The van der Waals surface area contributed by atoms with Crippen LogP contribution in [0.5, 0.6) is 0 Å². The van der Waals surface area contributed by atoms with Crippen molar-refractivity contribution in [3.8, 4) is 0 Å². The summed E-state index contributed by atoms with van der Waals surface area (Å²) in [5.41, 5.74) is 0. The van der Waals surface area contributed by atoms with Crippen LogP contribution in [0.1, 0.15) is 136 Å². The van der Waals surface area contributed by atoms with Gasteiger partial charge >= 0.3 is 12.1 Å². The Kier molecular flexibility index (Phi) is 24.0. The third kappa shape index (κ3) is 22.1. The zero-order chi connectivity index (χ0) is 24.4. The van der Waals surface area contributed by atoms with Gasteiger partial charge in [0, 0.05) is 0 Å². The first kappa shape index (κ1) is 31.5. The van der Waals surface area contributed by atoms with Gasteiger partial charge in [0.15, 0.2) is 0 Å². The molecule has 1 atom stereocenters. The van der Waals surface area contributed by atoms with E-state index >= 15 is 0 Å². The molecule has 0 radical (unpaired) electrons. The molecule has 0 aliphatic carbocycles. The van der Waals surface area contributed by atoms with Crippen molar-refractivity contribution >= 4 is 12.1 Å². The molecule has 0 rings (SSSR count). The first-order valence-electron chi connectivity index (χ1n) is 13.9. The van der Waals surface area contributed by atoms with Gasteiger partial charge < -0.3 is 14.8 Å². The molecule has 0 aromatic rings. The van der Waals surface area contributed by atoms with Crippen molar-refractivity contribution in [1.29, 1.82) is 0 Å². The topological polar surface area (TPSA) is 64.6 Å². The van der Waals surface area contributed by atoms with E-state index in [4.69, 9.17) is 9.47 Å². The molecule has 33 heavy (non-hydrogen) atoms. The maximum absolute atomic E-state index is 12.3. The molecule has 0 aliphatic heterocycles. The van der Waals surface area contributed by atoms with E-state index in [9.17, 15) is 9.59 Å². The highest BCUT2D eigenvalue weighted by atomic mass is 16.6. The fourth-order valence-corrected chi connectivity index (χ4v) is 3.83. The number of esters is 1. The molecule has 0 spiro atoms. The van der Waals surface area contributed by atoms with Crippen molar-refractivity contribution in [3.63, 3.8) is 0 Å². The summed E-state index contributed by atoms with van der Waals surface area (Å²) in [6.45, 7) is 8.92. The molecule has 0 aromatic carbocycles. The molecule has 0 saturated heterocycles. The van der Waals surface area contributed by atoms with E-state index < -0.39 is 18.1 Å². The lowest BCUT2D eigenvalue weighted by atomic mass is 10.1. The average molecular weight is 468 g/mol. The fraction of sp³-hybridized carbons (Fsp3) is 0.857. The molecule has 0 saturated carbocycles. The first-order chi connectivity index (χ1) is 16.2. The highest BCUT2D eigenvalue weighted by Crippen LogP contribution is 2.11. The zero-order valence-electron chi connectivity index (χ0n) is 21.8. The van der Waals surface area contributed by atoms with Crippen LogP contribution in [0.2, 0.25) is 0 Å². The van der Waals surface area contributed by atoms with Crippen LogP contribution in [0.25, 0.3) is 0 Å². The third-order valence-electron chi connectivity index (χ3n) is 5.95. The van der Waals surface area contributed by atoms with E-state index in [-0.39, 0.29) is 0 Å². The summed E-state index contributed by atoms with van der Waals surface area (Å²) < 4.78 is 10.6. The quantitative estimate of drug-likeness (QED) is 0.0881. The third-order valence-corrected chi connectivity index (χ3v) is 5.95. The van der Waals surface area contributed by atoms with Crippen LogP contribution >= 0.6 is 0 Å². The van der Waals surface area contributed by atoms with Gasteiger partial charge in [0.2, 0.25) is 0 Å². The Hall–Kier alpha value is -1.52. The Morgan fingerprint density at radius 3 is 1.48 bits per heavy atom. The zero-order valence-corrected chi connectivity index (χ0v) is 21.8. The summed E-state index contributed by atoms with van der Waals surface area (Å²) in [6.07, 6.45) is 23.3. The predicted octanol–water partition coefficient (Wildman–Crippen LogP) is 8.26. The molecule has 194 valence electrons. The smallest absolute Gasteiger partial charge is 0.407 e. The molecule has 0 aliphatic rings. The van der Waals surface area contributed by atoms with E-state index in [0.717, 1.165) is 25.7 Å². The van der Waals surface area contributed by atoms with Crippen molar-refractivity contribution in [2.75, 3.05) is 13.2 Å². The minimum absolute atomic E-state index is 0.337. The molecule has 0 aromatic heterocycles. The molecule has 1 N–H and O–H groups in total. The number of hydrogen-bond donors (Lipinski definition) is 1. The second kappa shape index (κ2) is 25.1. The Morgan fingerprint density at radius 2 is 1.06 bits per heavy atom. The SMILES string of the molecule is C=CCC(NC(=O)OCCCCCCCCCC)C(=O)OCCCCCCCCCCCC. The summed E-state index contributed by atoms with van der Waals surface area (Å²) in [6, 6.07) is -0.725. The van der Waals surface area contributed by atoms with E-state index in [2.05, 4.69) is 25.7 Å². The lowest BCUT2D eigenvalue weighted by Gasteiger charge is -2.16. The summed E-state index contributed by atoms with van der Waals surface area (Å²) in [5, 5.41) is 2.63. The number of unbranched alkanes of at least 4 members (excludes halogenated alkanes) is 16. The van der Waals surface area contributed by atoms with Crippen LogP contribution in [0.3, 0.4) is 0 Å². The van der Waals surface area contributed by atoms with Crippen LogP contribution in [0, 0.1) is 0 Å². The van der Waals surface area contributed by atoms with Crippen molar-refractivity contribution < 1.29 is 19.1 Å². The van der Waals surface area contributed by atoms with Gasteiger partial charge in [-0.05, 0) is 19.3 Å². The van der Waals surface area contributed by atoms with E-state index in [1.165, 1.54) is 89.9 Å². The minimum Gasteiger partial charge on any atom is -0.464 e. The Labute approximate surface area is 204 Å². The number of carbonyl (C=O) groups is 2. The lowest BCUT2D eigenvalue weighted by Crippen LogP contribution is -2.42. The number of carbonyl (C=O) groups excluding carboxylic acids is 2. The van der Waals surface area contributed by atoms with Gasteiger partial charge in [0.25, 0.3) is 0 Å². The van der Waals surface area contributed by atoms with E-state index in [1.807, 2.05) is 0 Å². The molecular weight excluding hydrogens is 414 g/mol. The van der Waals surface area contributed by atoms with Crippen LogP contribution in [-0.4, -0.2) is 31.3 Å². The largest absolute Gasteiger partial charge is 0.464 e. The number of hydrogen-bond acceptors (Lipinski definition) is 4. The maximum Gasteiger partial charge on any atom is 0.407 e. The van der Waals surface area contributed by atoms with Gasteiger partial charge in [-0.2, -0.15) is 0 Å². The van der Waals surface area contributed by atoms with Gasteiger partial charge in [0.1, 0.15) is 6.04 Å². The maximum atomic E-state index is 12.3. The number of rotatable bonds is 24. The Bertz CT molecular complexity index is 467. The number of ether oxygens (including phenoxy) is 2. The second-order valence-corrected chi connectivity index (χ2v) is 9.18. The monoisotopic (exact) mass is 467 g/mol. The molecule has 0 bridgehead atoms. The fourth-order valence-electron chi connectivity index (χ4n) is 3.83. The number of alkyl carbamates (subject to hydrolysis) is 1. The molecule has 5 heteroatoms. The second-order valence-electron chi connectivity index (χ2n) is 9.18. The van der Waals surface area contributed by atoms with Crippen molar-refractivity contribution in [1.82, 2.24) is 5.32 Å². The highest BCUT2D eigenvalue weighted by molar-refractivity contribution is 5.81. The molecule has 1 amide bonds. The van der Waals surface area contributed by atoms with Gasteiger partial charge in [-0.1, -0.05) is 123 Å². The number of nitrogens with one attached hydrogen (secondary N) is 1. The Balaban J connectivity index is 3.77. The summed E-state index contributed by atoms with van der Waals surface area (Å²) in [5.74, 6) is -0.408. The van der Waals surface area contributed by atoms with Crippen molar-refractivity contribution in [3.05, 3.63) is 12.7 Å². The van der Waals surface area contributed by atoms with Crippen LogP contribution in [0.4, 0.5) is 4.79 Å². The van der Waals surface area contributed by atoms with Gasteiger partial charge in [0.05, 0.1) is 13.2 Å². The van der Waals surface area contributed by atoms with E-state index in [1.54, 1.807) is 6.08 Å². The standard InChI is InChI=1S/C28H53NO4/c1-4-7-9-11-13-15-16-18-19-21-24-32-27(30)26(23-6-3)29-28(31)33-25-22-20-17-14-12-10-8-5-2/h6,26H,3-5,7-25H2,1-2H3,(H,29,31).